The number of aromatic carboxylic acids is 1. The van der Waals surface area contributed by atoms with Gasteiger partial charge in [-0.3, -0.25) is 0 Å². The van der Waals surface area contributed by atoms with Crippen LogP contribution < -0.4 is 9.64 Å². The Bertz CT molecular complexity index is 926. The van der Waals surface area contributed by atoms with Crippen LogP contribution in [0.1, 0.15) is 28.4 Å². The number of halogens is 1. The monoisotopic (exact) mass is 439 g/mol. The van der Waals surface area contributed by atoms with Crippen LogP contribution in [-0.4, -0.2) is 17.6 Å². The van der Waals surface area contributed by atoms with Gasteiger partial charge in [0, 0.05) is 28.8 Å². The molecule has 0 radical (unpaired) electrons. The molecule has 28 heavy (non-hydrogen) atoms. The molecule has 4 nitrogen and oxygen atoms in total. The van der Waals surface area contributed by atoms with E-state index in [2.05, 4.69) is 33.8 Å². The summed E-state index contributed by atoms with van der Waals surface area (Å²) in [6, 6.07) is 23.0. The number of hydrogen-bond donors (Lipinski definition) is 1. The lowest BCUT2D eigenvalue weighted by Gasteiger charge is -2.25. The Balaban J connectivity index is 1.79. The quantitative estimate of drug-likeness (QED) is 0.485. The van der Waals surface area contributed by atoms with Gasteiger partial charge >= 0.3 is 5.97 Å². The zero-order valence-corrected chi connectivity index (χ0v) is 17.2. The topological polar surface area (TPSA) is 49.8 Å². The molecule has 0 aliphatic heterocycles. The fourth-order valence-electron chi connectivity index (χ4n) is 2.95. The summed E-state index contributed by atoms with van der Waals surface area (Å²) in [6.45, 7) is 4.03. The molecule has 0 bridgehead atoms. The lowest BCUT2D eigenvalue weighted by Crippen LogP contribution is -2.22. The third-order valence-corrected chi connectivity index (χ3v) is 4.98. The molecule has 3 aromatic carbocycles. The van der Waals surface area contributed by atoms with Crippen molar-refractivity contribution in [1.29, 1.82) is 0 Å². The first-order chi connectivity index (χ1) is 13.6. The predicted molar refractivity (Wildman–Crippen MR) is 115 cm³/mol. The van der Waals surface area contributed by atoms with Crippen molar-refractivity contribution in [3.63, 3.8) is 0 Å². The summed E-state index contributed by atoms with van der Waals surface area (Å²) in [5.74, 6) is -0.0779. The average Bonchev–Trinajstić information content (AvgIpc) is 2.72. The largest absolute Gasteiger partial charge is 0.489 e. The molecular weight excluding hydrogens is 418 g/mol. The average molecular weight is 440 g/mol. The number of nitrogens with zero attached hydrogens (tertiary/aromatic N) is 1. The minimum absolute atomic E-state index is 0.286. The molecule has 0 aliphatic carbocycles. The van der Waals surface area contributed by atoms with Gasteiger partial charge in [-0.1, -0.05) is 46.3 Å². The molecule has 3 rings (SSSR count). The van der Waals surface area contributed by atoms with E-state index >= 15 is 0 Å². The van der Waals surface area contributed by atoms with Crippen molar-refractivity contribution in [2.24, 2.45) is 0 Å². The van der Waals surface area contributed by atoms with E-state index in [-0.39, 0.29) is 5.56 Å². The van der Waals surface area contributed by atoms with E-state index in [1.807, 2.05) is 54.6 Å². The second-order valence-electron chi connectivity index (χ2n) is 6.39. The zero-order valence-electron chi connectivity index (χ0n) is 15.6. The molecule has 144 valence electrons. The summed E-state index contributed by atoms with van der Waals surface area (Å²) in [5.41, 5.74) is 3.44. The number of anilines is 1. The van der Waals surface area contributed by atoms with Gasteiger partial charge in [0.2, 0.25) is 0 Å². The second kappa shape index (κ2) is 9.42. The Morgan fingerprint density at radius 1 is 1.04 bits per heavy atom. The van der Waals surface area contributed by atoms with E-state index < -0.39 is 5.97 Å². The standard InChI is InChI=1S/C23H22BrNO3/c1-2-25(21-11-8-18(9-12-21)23(26)27)15-19-14-20(24)10-13-22(19)28-16-17-6-4-3-5-7-17/h3-14H,2,15-16H2,1H3,(H,26,27). The number of hydrogen-bond acceptors (Lipinski definition) is 3. The smallest absolute Gasteiger partial charge is 0.335 e. The van der Waals surface area contributed by atoms with E-state index in [0.717, 1.165) is 33.6 Å². The Hall–Kier alpha value is -2.79. The molecular formula is C23H22BrNO3. The molecule has 0 unspecified atom stereocenters. The van der Waals surface area contributed by atoms with E-state index in [4.69, 9.17) is 9.84 Å². The van der Waals surface area contributed by atoms with Crippen molar-refractivity contribution in [2.75, 3.05) is 11.4 Å². The minimum atomic E-state index is -0.918. The fraction of sp³-hybridized carbons (Fsp3) is 0.174. The van der Waals surface area contributed by atoms with Gasteiger partial charge in [-0.25, -0.2) is 4.79 Å². The van der Waals surface area contributed by atoms with Crippen molar-refractivity contribution in [3.8, 4) is 5.75 Å². The lowest BCUT2D eigenvalue weighted by molar-refractivity contribution is 0.0697. The van der Waals surface area contributed by atoms with Crippen LogP contribution in [0.15, 0.2) is 77.3 Å². The van der Waals surface area contributed by atoms with Gasteiger partial charge in [0.05, 0.1) is 5.56 Å². The van der Waals surface area contributed by atoms with Gasteiger partial charge in [0.15, 0.2) is 0 Å². The van der Waals surface area contributed by atoms with Gasteiger partial charge in [-0.2, -0.15) is 0 Å². The van der Waals surface area contributed by atoms with Crippen molar-refractivity contribution >= 4 is 27.6 Å². The number of carboxylic acids is 1. The van der Waals surface area contributed by atoms with Gasteiger partial charge in [0.25, 0.3) is 0 Å². The van der Waals surface area contributed by atoms with Crippen LogP contribution in [0.3, 0.4) is 0 Å². The summed E-state index contributed by atoms with van der Waals surface area (Å²) in [6.07, 6.45) is 0. The van der Waals surface area contributed by atoms with Crippen LogP contribution in [0.5, 0.6) is 5.75 Å². The number of carbonyl (C=O) groups is 1. The Morgan fingerprint density at radius 2 is 1.75 bits per heavy atom. The number of ether oxygens (including phenoxy) is 1. The molecule has 0 aromatic heterocycles. The van der Waals surface area contributed by atoms with Gasteiger partial charge in [-0.15, -0.1) is 0 Å². The molecule has 5 heteroatoms. The Kier molecular flexibility index (Phi) is 6.71. The third-order valence-electron chi connectivity index (χ3n) is 4.48. The summed E-state index contributed by atoms with van der Waals surface area (Å²) < 4.78 is 7.08. The van der Waals surface area contributed by atoms with Crippen molar-refractivity contribution in [3.05, 3.63) is 94.0 Å². The summed E-state index contributed by atoms with van der Waals surface area (Å²) >= 11 is 3.55. The highest BCUT2D eigenvalue weighted by atomic mass is 79.9. The molecule has 0 heterocycles. The molecule has 0 atom stereocenters. The summed E-state index contributed by atoms with van der Waals surface area (Å²) in [4.78, 5) is 13.3. The maximum atomic E-state index is 11.1. The molecule has 0 saturated carbocycles. The lowest BCUT2D eigenvalue weighted by atomic mass is 10.1. The molecule has 0 amide bonds. The highest BCUT2D eigenvalue weighted by Crippen LogP contribution is 2.27. The fourth-order valence-corrected chi connectivity index (χ4v) is 3.36. The Morgan fingerprint density at radius 3 is 2.39 bits per heavy atom. The number of rotatable bonds is 8. The van der Waals surface area contributed by atoms with Crippen LogP contribution in [0, 0.1) is 0 Å². The summed E-state index contributed by atoms with van der Waals surface area (Å²) in [7, 11) is 0. The first-order valence-electron chi connectivity index (χ1n) is 9.10. The molecule has 3 aromatic rings. The van der Waals surface area contributed by atoms with Crippen LogP contribution in [0.25, 0.3) is 0 Å². The Labute approximate surface area is 173 Å². The van der Waals surface area contributed by atoms with Gasteiger partial charge in [0.1, 0.15) is 12.4 Å². The number of carboxylic acid groups (broad SMARTS) is 1. The third kappa shape index (κ3) is 5.14. The molecule has 1 N–H and O–H groups in total. The number of benzene rings is 3. The molecule has 0 aliphatic rings. The van der Waals surface area contributed by atoms with Crippen LogP contribution in [0.2, 0.25) is 0 Å². The maximum Gasteiger partial charge on any atom is 0.335 e. The van der Waals surface area contributed by atoms with Crippen molar-refractivity contribution < 1.29 is 14.6 Å². The molecule has 0 saturated heterocycles. The first kappa shape index (κ1) is 20.0. The normalized spacial score (nSPS) is 10.5. The van der Waals surface area contributed by atoms with Gasteiger partial charge < -0.3 is 14.7 Å². The van der Waals surface area contributed by atoms with E-state index in [0.29, 0.717) is 13.2 Å². The van der Waals surface area contributed by atoms with E-state index in [1.165, 1.54) is 0 Å². The summed E-state index contributed by atoms with van der Waals surface area (Å²) in [5, 5.41) is 9.09. The van der Waals surface area contributed by atoms with Crippen molar-refractivity contribution in [2.45, 2.75) is 20.1 Å². The SMILES string of the molecule is CCN(Cc1cc(Br)ccc1OCc1ccccc1)c1ccc(C(=O)O)cc1. The van der Waals surface area contributed by atoms with Crippen LogP contribution >= 0.6 is 15.9 Å². The highest BCUT2D eigenvalue weighted by Gasteiger charge is 2.12. The molecule has 0 fully saturated rings. The van der Waals surface area contributed by atoms with E-state index in [9.17, 15) is 4.79 Å². The van der Waals surface area contributed by atoms with Crippen LogP contribution in [0.4, 0.5) is 5.69 Å². The van der Waals surface area contributed by atoms with E-state index in [1.54, 1.807) is 12.1 Å². The second-order valence-corrected chi connectivity index (χ2v) is 7.31. The predicted octanol–water partition coefficient (Wildman–Crippen LogP) is 5.75. The highest BCUT2D eigenvalue weighted by molar-refractivity contribution is 9.10. The van der Waals surface area contributed by atoms with Crippen molar-refractivity contribution in [1.82, 2.24) is 0 Å². The maximum absolute atomic E-state index is 11.1. The molecule has 0 spiro atoms. The van der Waals surface area contributed by atoms with Crippen LogP contribution in [-0.2, 0) is 13.2 Å². The van der Waals surface area contributed by atoms with Gasteiger partial charge in [-0.05, 0) is 55.0 Å². The first-order valence-corrected chi connectivity index (χ1v) is 9.89. The minimum Gasteiger partial charge on any atom is -0.489 e. The zero-order chi connectivity index (χ0) is 19.9.